The van der Waals surface area contributed by atoms with Crippen LogP contribution in [-0.4, -0.2) is 47.9 Å². The number of benzene rings is 2. The van der Waals surface area contributed by atoms with Crippen LogP contribution in [0.2, 0.25) is 0 Å². The van der Waals surface area contributed by atoms with E-state index < -0.39 is 6.10 Å². The SMILES string of the molecule is C=CC(=O)C(O)C[N+](C)(C)Cc1ccc(C(=O)c2ccccc2)cc1.[Br-]. The molecular formula is C21H24BrNO3. The van der Waals surface area contributed by atoms with E-state index in [2.05, 4.69) is 6.58 Å². The van der Waals surface area contributed by atoms with Gasteiger partial charge in [0.05, 0.1) is 14.1 Å². The third kappa shape index (κ3) is 6.02. The maximum atomic E-state index is 12.4. The molecule has 1 atom stereocenters. The van der Waals surface area contributed by atoms with Gasteiger partial charge < -0.3 is 26.6 Å². The van der Waals surface area contributed by atoms with E-state index >= 15 is 0 Å². The highest BCUT2D eigenvalue weighted by molar-refractivity contribution is 6.08. The Morgan fingerprint density at radius 2 is 1.58 bits per heavy atom. The van der Waals surface area contributed by atoms with Crippen LogP contribution in [0.5, 0.6) is 0 Å². The van der Waals surface area contributed by atoms with E-state index in [9.17, 15) is 14.7 Å². The van der Waals surface area contributed by atoms with E-state index in [-0.39, 0.29) is 28.5 Å². The molecule has 2 aromatic carbocycles. The highest BCUT2D eigenvalue weighted by atomic mass is 79.9. The smallest absolute Gasteiger partial charge is 0.193 e. The van der Waals surface area contributed by atoms with E-state index in [1.54, 1.807) is 12.1 Å². The van der Waals surface area contributed by atoms with Crippen molar-refractivity contribution in [1.29, 1.82) is 0 Å². The Bertz CT molecular complexity index is 755. The molecular weight excluding hydrogens is 394 g/mol. The highest BCUT2D eigenvalue weighted by Gasteiger charge is 2.24. The average Bonchev–Trinajstić information content (AvgIpc) is 2.61. The van der Waals surface area contributed by atoms with Crippen molar-refractivity contribution >= 4 is 11.6 Å². The van der Waals surface area contributed by atoms with Gasteiger partial charge in [-0.3, -0.25) is 9.59 Å². The van der Waals surface area contributed by atoms with Crippen molar-refractivity contribution in [1.82, 2.24) is 0 Å². The van der Waals surface area contributed by atoms with Gasteiger partial charge in [0.2, 0.25) is 0 Å². The molecule has 0 heterocycles. The van der Waals surface area contributed by atoms with E-state index in [1.807, 2.05) is 56.6 Å². The number of aliphatic hydroxyl groups is 1. The Balaban J connectivity index is 0.00000338. The van der Waals surface area contributed by atoms with Gasteiger partial charge in [0, 0.05) is 16.7 Å². The minimum Gasteiger partial charge on any atom is -1.00 e. The second kappa shape index (κ2) is 9.57. The number of halogens is 1. The largest absolute Gasteiger partial charge is 1.00 e. The van der Waals surface area contributed by atoms with Crippen LogP contribution in [0.4, 0.5) is 0 Å². The van der Waals surface area contributed by atoms with Crippen molar-refractivity contribution in [2.75, 3.05) is 20.6 Å². The summed E-state index contributed by atoms with van der Waals surface area (Å²) in [5.74, 6) is -0.372. The molecule has 0 amide bonds. The van der Waals surface area contributed by atoms with E-state index in [0.717, 1.165) is 11.6 Å². The van der Waals surface area contributed by atoms with Crippen LogP contribution >= 0.6 is 0 Å². The van der Waals surface area contributed by atoms with Crippen molar-refractivity contribution in [2.24, 2.45) is 0 Å². The van der Waals surface area contributed by atoms with Crippen LogP contribution in [0, 0.1) is 0 Å². The summed E-state index contributed by atoms with van der Waals surface area (Å²) in [4.78, 5) is 23.9. The number of likely N-dealkylation sites (N-methyl/N-ethyl adjacent to an activating group) is 1. The molecule has 0 aliphatic carbocycles. The van der Waals surface area contributed by atoms with E-state index in [1.165, 1.54) is 0 Å². The molecule has 138 valence electrons. The number of nitrogens with zero attached hydrogens (tertiary/aromatic N) is 1. The van der Waals surface area contributed by atoms with Gasteiger partial charge in [-0.2, -0.15) is 0 Å². The zero-order valence-corrected chi connectivity index (χ0v) is 16.6. The number of carbonyl (C=O) groups is 2. The fraction of sp³-hybridized carbons (Fsp3) is 0.238. The Morgan fingerprint density at radius 3 is 2.12 bits per heavy atom. The average molecular weight is 418 g/mol. The fourth-order valence-electron chi connectivity index (χ4n) is 2.77. The van der Waals surface area contributed by atoms with Crippen LogP contribution < -0.4 is 17.0 Å². The van der Waals surface area contributed by atoms with Gasteiger partial charge in [-0.15, -0.1) is 0 Å². The molecule has 4 nitrogen and oxygen atoms in total. The summed E-state index contributed by atoms with van der Waals surface area (Å²) in [5.41, 5.74) is 2.34. The summed E-state index contributed by atoms with van der Waals surface area (Å²) in [6.07, 6.45) is 0.0979. The molecule has 0 bridgehead atoms. The Labute approximate surface area is 165 Å². The second-order valence-corrected chi connectivity index (χ2v) is 6.79. The van der Waals surface area contributed by atoms with E-state index in [0.29, 0.717) is 28.7 Å². The Morgan fingerprint density at radius 1 is 1.04 bits per heavy atom. The topological polar surface area (TPSA) is 54.4 Å². The van der Waals surface area contributed by atoms with Crippen molar-refractivity contribution < 1.29 is 36.2 Å². The predicted molar refractivity (Wildman–Crippen MR) is 98.2 cm³/mol. The number of aliphatic hydroxyl groups excluding tert-OH is 1. The first-order valence-electron chi connectivity index (χ1n) is 8.17. The van der Waals surface area contributed by atoms with Gasteiger partial charge in [0.15, 0.2) is 17.7 Å². The molecule has 0 aliphatic heterocycles. The van der Waals surface area contributed by atoms with Gasteiger partial charge in [-0.25, -0.2) is 0 Å². The first-order valence-corrected chi connectivity index (χ1v) is 8.17. The molecule has 1 unspecified atom stereocenters. The van der Waals surface area contributed by atoms with Crippen LogP contribution in [0.1, 0.15) is 21.5 Å². The first-order chi connectivity index (χ1) is 11.8. The van der Waals surface area contributed by atoms with Crippen LogP contribution in [0.25, 0.3) is 0 Å². The molecule has 2 aromatic rings. The van der Waals surface area contributed by atoms with Crippen molar-refractivity contribution in [3.05, 3.63) is 83.9 Å². The lowest BCUT2D eigenvalue weighted by molar-refractivity contribution is -0.905. The molecule has 0 saturated heterocycles. The fourth-order valence-corrected chi connectivity index (χ4v) is 2.77. The van der Waals surface area contributed by atoms with Gasteiger partial charge in [-0.1, -0.05) is 61.2 Å². The molecule has 0 spiro atoms. The lowest BCUT2D eigenvalue weighted by Crippen LogP contribution is -3.00. The maximum absolute atomic E-state index is 12.4. The number of carbonyl (C=O) groups excluding carboxylic acids is 2. The van der Waals surface area contributed by atoms with Crippen molar-refractivity contribution in [3.63, 3.8) is 0 Å². The lowest BCUT2D eigenvalue weighted by atomic mass is 10.0. The predicted octanol–water partition coefficient (Wildman–Crippen LogP) is -0.386. The summed E-state index contributed by atoms with van der Waals surface area (Å²) in [6.45, 7) is 4.34. The third-order valence-corrected chi connectivity index (χ3v) is 4.06. The summed E-state index contributed by atoms with van der Waals surface area (Å²) in [7, 11) is 3.89. The monoisotopic (exact) mass is 417 g/mol. The maximum Gasteiger partial charge on any atom is 0.193 e. The third-order valence-electron chi connectivity index (χ3n) is 4.06. The zero-order valence-electron chi connectivity index (χ0n) is 15.1. The Hall–Kier alpha value is -2.08. The first kappa shape index (κ1) is 22.0. The van der Waals surface area contributed by atoms with Crippen LogP contribution in [-0.2, 0) is 11.3 Å². The van der Waals surface area contributed by atoms with Crippen molar-refractivity contribution in [2.45, 2.75) is 12.6 Å². The molecule has 0 aromatic heterocycles. The molecule has 2 rings (SSSR count). The van der Waals surface area contributed by atoms with Gasteiger partial charge in [-0.05, 0) is 6.08 Å². The molecule has 5 heteroatoms. The molecule has 0 aliphatic rings. The van der Waals surface area contributed by atoms with Crippen molar-refractivity contribution in [3.8, 4) is 0 Å². The Kier molecular flexibility index (Phi) is 8.08. The minimum atomic E-state index is -1.05. The lowest BCUT2D eigenvalue weighted by Gasteiger charge is -2.31. The molecule has 0 radical (unpaired) electrons. The minimum absolute atomic E-state index is 0. The number of hydrogen-bond acceptors (Lipinski definition) is 3. The quantitative estimate of drug-likeness (QED) is 0.361. The summed E-state index contributed by atoms with van der Waals surface area (Å²) in [6, 6.07) is 16.6. The number of quaternary nitrogens is 1. The molecule has 26 heavy (non-hydrogen) atoms. The molecule has 1 N–H and O–H groups in total. The number of rotatable bonds is 8. The summed E-state index contributed by atoms with van der Waals surface area (Å²) < 4.78 is 0.451. The number of ketones is 2. The standard InChI is InChI=1S/C21H24NO3.BrH/c1-4-19(23)20(24)15-22(2,3)14-16-10-12-18(13-11-16)21(25)17-8-6-5-7-9-17;/h4-13,20,24H,1,14-15H2,2-3H3;1H/q+1;/p-1. The van der Waals surface area contributed by atoms with Gasteiger partial charge >= 0.3 is 0 Å². The van der Waals surface area contributed by atoms with E-state index in [4.69, 9.17) is 0 Å². The number of hydrogen-bond donors (Lipinski definition) is 1. The zero-order chi connectivity index (χ0) is 18.4. The summed E-state index contributed by atoms with van der Waals surface area (Å²) in [5, 5.41) is 9.89. The van der Waals surface area contributed by atoms with Crippen LogP contribution in [0.15, 0.2) is 67.3 Å². The summed E-state index contributed by atoms with van der Waals surface area (Å²) >= 11 is 0. The van der Waals surface area contributed by atoms with Crippen LogP contribution in [0.3, 0.4) is 0 Å². The normalized spacial score (nSPS) is 12.0. The molecule has 0 fully saturated rings. The molecule has 0 saturated carbocycles. The van der Waals surface area contributed by atoms with Gasteiger partial charge in [0.25, 0.3) is 0 Å². The highest BCUT2D eigenvalue weighted by Crippen LogP contribution is 2.15. The van der Waals surface area contributed by atoms with Gasteiger partial charge in [0.1, 0.15) is 13.1 Å². The second-order valence-electron chi connectivity index (χ2n) is 6.79.